The first-order valence-corrected chi connectivity index (χ1v) is 9.79. The van der Waals surface area contributed by atoms with Gasteiger partial charge in [0, 0.05) is 37.9 Å². The third-order valence-electron chi connectivity index (χ3n) is 5.92. The fourth-order valence-electron chi connectivity index (χ4n) is 4.57. The number of carbonyl (C=O) groups is 1. The number of piperidine rings is 1. The van der Waals surface area contributed by atoms with E-state index in [-0.39, 0.29) is 36.8 Å². The van der Waals surface area contributed by atoms with Gasteiger partial charge in [0.2, 0.25) is 5.91 Å². The lowest BCUT2D eigenvalue weighted by atomic mass is 9.89. The van der Waals surface area contributed by atoms with E-state index in [0.717, 1.165) is 30.0 Å². The number of halogens is 2. The van der Waals surface area contributed by atoms with Crippen LogP contribution in [0.5, 0.6) is 5.75 Å². The number of benzene rings is 1. The molecule has 3 atom stereocenters. The molecule has 0 radical (unpaired) electrons. The Kier molecular flexibility index (Phi) is 8.37. The Bertz CT molecular complexity index is 784. The van der Waals surface area contributed by atoms with E-state index in [4.69, 9.17) is 4.74 Å². The third kappa shape index (κ3) is 5.44. The number of methoxy groups -OCH3 is 1. The number of fused-ring (bicyclic) bond motifs is 2. The van der Waals surface area contributed by atoms with E-state index in [0.29, 0.717) is 24.4 Å². The Balaban J connectivity index is 0.00000150. The minimum absolute atomic E-state index is 0. The van der Waals surface area contributed by atoms with Crippen molar-refractivity contribution in [3.63, 3.8) is 0 Å². The molecule has 2 N–H and O–H groups in total. The molecular formula is C21H30Cl2N4O2. The average molecular weight is 441 g/mol. The Morgan fingerprint density at radius 3 is 2.45 bits per heavy atom. The van der Waals surface area contributed by atoms with E-state index in [9.17, 15) is 4.79 Å². The van der Waals surface area contributed by atoms with Crippen LogP contribution in [0.1, 0.15) is 49.5 Å². The van der Waals surface area contributed by atoms with E-state index in [1.165, 1.54) is 12.8 Å². The number of hydrogen-bond acceptors (Lipinski definition) is 4. The number of aromatic nitrogens is 2. The van der Waals surface area contributed by atoms with Crippen molar-refractivity contribution >= 4 is 30.7 Å². The highest BCUT2D eigenvalue weighted by atomic mass is 35.5. The van der Waals surface area contributed by atoms with Crippen LogP contribution in [0.3, 0.4) is 0 Å². The zero-order valence-corrected chi connectivity index (χ0v) is 18.5. The van der Waals surface area contributed by atoms with Crippen molar-refractivity contribution in [1.29, 1.82) is 0 Å². The number of hydrogen-bond donors (Lipinski definition) is 2. The summed E-state index contributed by atoms with van der Waals surface area (Å²) in [6.45, 7) is 0. The van der Waals surface area contributed by atoms with Crippen molar-refractivity contribution < 1.29 is 9.53 Å². The van der Waals surface area contributed by atoms with Crippen LogP contribution >= 0.6 is 24.8 Å². The first kappa shape index (κ1) is 23.5. The van der Waals surface area contributed by atoms with Crippen molar-refractivity contribution in [3.05, 3.63) is 48.0 Å². The topological polar surface area (TPSA) is 68.2 Å². The first-order valence-electron chi connectivity index (χ1n) is 9.79. The summed E-state index contributed by atoms with van der Waals surface area (Å²) < 4.78 is 7.22. The van der Waals surface area contributed by atoms with Crippen molar-refractivity contribution in [2.45, 2.75) is 50.2 Å². The molecule has 4 rings (SSSR count). The van der Waals surface area contributed by atoms with Gasteiger partial charge in [0.05, 0.1) is 7.11 Å². The van der Waals surface area contributed by atoms with Crippen LogP contribution in [0.2, 0.25) is 0 Å². The van der Waals surface area contributed by atoms with Gasteiger partial charge in [0.1, 0.15) is 17.6 Å². The maximum Gasteiger partial charge on any atom is 0.221 e. The van der Waals surface area contributed by atoms with Crippen LogP contribution in [0, 0.1) is 5.92 Å². The summed E-state index contributed by atoms with van der Waals surface area (Å²) in [5.41, 5.74) is 1.00. The second-order valence-corrected chi connectivity index (χ2v) is 7.85. The zero-order chi connectivity index (χ0) is 18.8. The number of nitrogens with zero attached hydrogens (tertiary/aromatic N) is 2. The summed E-state index contributed by atoms with van der Waals surface area (Å²) in [6, 6.07) is 8.76. The minimum atomic E-state index is -0.262. The molecule has 29 heavy (non-hydrogen) atoms. The highest BCUT2D eigenvalue weighted by Crippen LogP contribution is 2.33. The molecule has 2 aromatic rings. The van der Waals surface area contributed by atoms with Crippen molar-refractivity contribution in [3.8, 4) is 5.75 Å². The molecule has 2 aliphatic rings. The van der Waals surface area contributed by atoms with Gasteiger partial charge in [-0.3, -0.25) is 4.79 Å². The van der Waals surface area contributed by atoms with Crippen LogP contribution < -0.4 is 15.4 Å². The van der Waals surface area contributed by atoms with E-state index >= 15 is 0 Å². The number of amides is 1. The van der Waals surface area contributed by atoms with Crippen molar-refractivity contribution in [2.75, 3.05) is 7.11 Å². The molecule has 6 nitrogen and oxygen atoms in total. The Labute approximate surface area is 184 Å². The Hall–Kier alpha value is -1.76. The van der Waals surface area contributed by atoms with Crippen LogP contribution in [-0.2, 0) is 11.8 Å². The van der Waals surface area contributed by atoms with Crippen LogP contribution in [-0.4, -0.2) is 34.7 Å². The largest absolute Gasteiger partial charge is 0.497 e. The Morgan fingerprint density at radius 2 is 1.90 bits per heavy atom. The Morgan fingerprint density at radius 1 is 1.24 bits per heavy atom. The van der Waals surface area contributed by atoms with Gasteiger partial charge in [0.25, 0.3) is 0 Å². The summed E-state index contributed by atoms with van der Waals surface area (Å²) in [4.78, 5) is 17.3. The van der Waals surface area contributed by atoms with Gasteiger partial charge >= 0.3 is 0 Å². The van der Waals surface area contributed by atoms with Crippen LogP contribution in [0.4, 0.5) is 0 Å². The zero-order valence-electron chi connectivity index (χ0n) is 16.8. The van der Waals surface area contributed by atoms with E-state index < -0.39 is 0 Å². The first-order chi connectivity index (χ1) is 13.1. The van der Waals surface area contributed by atoms with E-state index in [2.05, 4.69) is 15.6 Å². The minimum Gasteiger partial charge on any atom is -0.497 e. The number of carbonyl (C=O) groups excluding carboxylic acids is 1. The molecule has 1 aromatic carbocycles. The summed E-state index contributed by atoms with van der Waals surface area (Å²) in [6.07, 6.45) is 8.99. The van der Waals surface area contributed by atoms with Gasteiger partial charge in [-0.15, -0.1) is 24.8 Å². The van der Waals surface area contributed by atoms with Crippen LogP contribution in [0.25, 0.3) is 0 Å². The maximum absolute atomic E-state index is 12.9. The highest BCUT2D eigenvalue weighted by molar-refractivity contribution is 5.85. The van der Waals surface area contributed by atoms with Gasteiger partial charge in [-0.25, -0.2) is 4.98 Å². The molecule has 160 valence electrons. The van der Waals surface area contributed by atoms with Gasteiger partial charge in [-0.05, 0) is 49.3 Å². The summed E-state index contributed by atoms with van der Waals surface area (Å²) in [5.74, 6) is 2.21. The molecule has 8 heteroatoms. The molecule has 2 fully saturated rings. The summed E-state index contributed by atoms with van der Waals surface area (Å²) >= 11 is 0. The number of nitrogens with one attached hydrogen (secondary N) is 2. The molecule has 0 spiro atoms. The monoisotopic (exact) mass is 440 g/mol. The molecule has 2 saturated heterocycles. The highest BCUT2D eigenvalue weighted by Gasteiger charge is 2.34. The van der Waals surface area contributed by atoms with Crippen molar-refractivity contribution in [1.82, 2.24) is 20.2 Å². The third-order valence-corrected chi connectivity index (χ3v) is 5.92. The van der Waals surface area contributed by atoms with E-state index in [1.807, 2.05) is 42.1 Å². The molecule has 2 aliphatic heterocycles. The van der Waals surface area contributed by atoms with Gasteiger partial charge < -0.3 is 19.9 Å². The SMILES string of the molecule is COc1ccc(C(NC(=O)CC2CC3CCC(C2)N3)c2nccn2C)cc1.Cl.Cl. The predicted octanol–water partition coefficient (Wildman–Crippen LogP) is 3.40. The number of rotatable bonds is 6. The number of aryl methyl sites for hydroxylation is 1. The maximum atomic E-state index is 12.9. The quantitative estimate of drug-likeness (QED) is 0.721. The lowest BCUT2D eigenvalue weighted by molar-refractivity contribution is -0.122. The average Bonchev–Trinajstić information content (AvgIpc) is 3.24. The second kappa shape index (κ2) is 10.3. The van der Waals surface area contributed by atoms with Crippen LogP contribution in [0.15, 0.2) is 36.7 Å². The summed E-state index contributed by atoms with van der Waals surface area (Å²) in [7, 11) is 3.61. The van der Waals surface area contributed by atoms with Gasteiger partial charge in [-0.1, -0.05) is 12.1 Å². The smallest absolute Gasteiger partial charge is 0.221 e. The summed E-state index contributed by atoms with van der Waals surface area (Å²) in [5, 5.41) is 6.87. The lowest BCUT2D eigenvalue weighted by Gasteiger charge is -2.29. The van der Waals surface area contributed by atoms with Crippen molar-refractivity contribution in [2.24, 2.45) is 13.0 Å². The standard InChI is InChI=1S/C21H28N4O2.2ClH/c1-25-10-9-22-21(25)20(15-3-7-18(27-2)8-4-15)24-19(26)13-14-11-16-5-6-17(12-14)23-16;;/h3-4,7-10,14,16-17,20,23H,5-6,11-13H2,1-2H3,(H,24,26);2*1H. The van der Waals surface area contributed by atoms with Gasteiger partial charge in [0.15, 0.2) is 0 Å². The molecule has 1 aromatic heterocycles. The second-order valence-electron chi connectivity index (χ2n) is 7.85. The molecule has 3 heterocycles. The lowest BCUT2D eigenvalue weighted by Crippen LogP contribution is -2.40. The molecule has 3 unspecified atom stereocenters. The fourth-order valence-corrected chi connectivity index (χ4v) is 4.57. The molecule has 1 amide bonds. The molecule has 0 aliphatic carbocycles. The number of imidazole rings is 1. The number of ether oxygens (including phenoxy) is 1. The van der Waals surface area contributed by atoms with E-state index in [1.54, 1.807) is 13.3 Å². The normalized spacial score (nSPS) is 23.4. The molecule has 0 saturated carbocycles. The predicted molar refractivity (Wildman–Crippen MR) is 118 cm³/mol. The fraction of sp³-hybridized carbons (Fsp3) is 0.524. The molecular weight excluding hydrogens is 411 g/mol. The van der Waals surface area contributed by atoms with Gasteiger partial charge in [-0.2, -0.15) is 0 Å². The molecule has 2 bridgehead atoms.